The van der Waals surface area contributed by atoms with Gasteiger partial charge in [-0.1, -0.05) is 91.0 Å². The summed E-state index contributed by atoms with van der Waals surface area (Å²) in [4.78, 5) is 19.3. The van der Waals surface area contributed by atoms with Crippen molar-refractivity contribution < 1.29 is 9.78 Å². The molecule has 2 aliphatic heterocycles. The van der Waals surface area contributed by atoms with Gasteiger partial charge in [0.15, 0.2) is 5.75 Å². The van der Waals surface area contributed by atoms with Crippen molar-refractivity contribution in [2.24, 2.45) is 5.92 Å². The zero-order valence-corrected chi connectivity index (χ0v) is 25.0. The third-order valence-electron chi connectivity index (χ3n) is 8.66. The number of nitrogens with one attached hydrogen (secondary N) is 1. The Morgan fingerprint density at radius 3 is 2.24 bits per heavy atom. The SMILES string of the molecule is CC(C)OOc1cc2sc(-c3ccccc3)nc2cc1CN[C@H]1[C@@H]2CCN(C2)[C@@H]1C(c1ccccc1)c1ccccc1. The second kappa shape index (κ2) is 12.0. The third-order valence-corrected chi connectivity index (χ3v) is 9.73. The number of hydrogen-bond donors (Lipinski definition) is 1. The molecule has 5 aromatic rings. The van der Waals surface area contributed by atoms with Crippen molar-refractivity contribution in [2.45, 2.75) is 50.9 Å². The molecule has 4 atom stereocenters. The van der Waals surface area contributed by atoms with Crippen LogP contribution in [0.1, 0.15) is 42.9 Å². The monoisotopic (exact) mass is 575 g/mol. The smallest absolute Gasteiger partial charge is 0.171 e. The molecule has 0 spiro atoms. The summed E-state index contributed by atoms with van der Waals surface area (Å²) in [6, 6.07) is 37.4. The molecule has 0 amide bonds. The average Bonchev–Trinajstić information content (AvgIpc) is 3.76. The fourth-order valence-corrected chi connectivity index (χ4v) is 7.77. The van der Waals surface area contributed by atoms with E-state index in [1.165, 1.54) is 17.5 Å². The Hall–Kier alpha value is -3.55. The summed E-state index contributed by atoms with van der Waals surface area (Å²) >= 11 is 1.69. The van der Waals surface area contributed by atoms with E-state index in [2.05, 4.69) is 107 Å². The van der Waals surface area contributed by atoms with Crippen LogP contribution in [0.2, 0.25) is 0 Å². The van der Waals surface area contributed by atoms with E-state index in [1.807, 2.05) is 19.9 Å². The van der Waals surface area contributed by atoms with Crippen molar-refractivity contribution in [3.63, 3.8) is 0 Å². The number of rotatable bonds is 10. The second-order valence-electron chi connectivity index (χ2n) is 11.8. The number of benzene rings is 4. The highest BCUT2D eigenvalue weighted by Gasteiger charge is 2.49. The van der Waals surface area contributed by atoms with Gasteiger partial charge in [0.1, 0.15) is 5.01 Å². The van der Waals surface area contributed by atoms with Crippen molar-refractivity contribution in [1.82, 2.24) is 15.2 Å². The lowest BCUT2D eigenvalue weighted by atomic mass is 9.78. The Balaban J connectivity index is 1.21. The van der Waals surface area contributed by atoms with Gasteiger partial charge in [-0.3, -0.25) is 4.90 Å². The van der Waals surface area contributed by atoms with Crippen LogP contribution in [0.3, 0.4) is 0 Å². The quantitative estimate of drug-likeness (QED) is 0.137. The molecule has 2 aliphatic rings. The van der Waals surface area contributed by atoms with Crippen LogP contribution < -0.4 is 10.2 Å². The topological polar surface area (TPSA) is 46.6 Å². The first-order valence-corrected chi connectivity index (χ1v) is 15.9. The molecular weight excluding hydrogens is 538 g/mol. The fourth-order valence-electron chi connectivity index (χ4n) is 6.79. The Kier molecular flexibility index (Phi) is 7.78. The van der Waals surface area contributed by atoms with Crippen molar-refractivity contribution in [2.75, 3.05) is 13.1 Å². The van der Waals surface area contributed by atoms with Gasteiger partial charge < -0.3 is 10.2 Å². The van der Waals surface area contributed by atoms with Crippen LogP contribution in [0.5, 0.6) is 5.75 Å². The molecule has 42 heavy (non-hydrogen) atoms. The third kappa shape index (κ3) is 5.48. The van der Waals surface area contributed by atoms with Gasteiger partial charge in [0, 0.05) is 48.3 Å². The van der Waals surface area contributed by atoms with E-state index in [1.54, 1.807) is 11.3 Å². The minimum atomic E-state index is -0.0388. The van der Waals surface area contributed by atoms with E-state index in [0.29, 0.717) is 30.5 Å². The van der Waals surface area contributed by atoms with Crippen molar-refractivity contribution >= 4 is 21.6 Å². The predicted octanol–water partition coefficient (Wildman–Crippen LogP) is 7.68. The zero-order chi connectivity index (χ0) is 28.5. The average molecular weight is 576 g/mol. The summed E-state index contributed by atoms with van der Waals surface area (Å²) in [5.41, 5.74) is 5.94. The molecule has 3 heterocycles. The summed E-state index contributed by atoms with van der Waals surface area (Å²) in [5.74, 6) is 1.67. The minimum absolute atomic E-state index is 0.0388. The standard InChI is InChI=1S/C36H37N3O2S/c1-24(2)40-41-31-21-32-30(38-36(42-32)27-16-10-5-11-17-27)20-29(31)22-37-34-28-18-19-39(23-28)35(34)33(25-12-6-3-7-13-25)26-14-8-4-9-15-26/h3-17,20-21,24,28,33-35,37H,18-19,22-23H2,1-2H3/t28-,34+,35-/m1/s1. The highest BCUT2D eigenvalue weighted by molar-refractivity contribution is 7.21. The maximum Gasteiger partial charge on any atom is 0.171 e. The number of piperidine rings is 1. The van der Waals surface area contributed by atoms with E-state index in [4.69, 9.17) is 14.8 Å². The minimum Gasteiger partial charge on any atom is -0.337 e. The van der Waals surface area contributed by atoms with Crippen LogP contribution in [0.15, 0.2) is 103 Å². The first-order chi connectivity index (χ1) is 20.6. The summed E-state index contributed by atoms with van der Waals surface area (Å²) in [6.07, 6.45) is 1.19. The molecule has 6 heteroatoms. The van der Waals surface area contributed by atoms with Gasteiger partial charge in [0.2, 0.25) is 0 Å². The molecule has 2 saturated heterocycles. The lowest BCUT2D eigenvalue weighted by molar-refractivity contribution is -0.235. The van der Waals surface area contributed by atoms with Crippen LogP contribution >= 0.6 is 11.3 Å². The Labute approximate surface area is 252 Å². The molecule has 7 rings (SSSR count). The highest BCUT2D eigenvalue weighted by Crippen LogP contribution is 2.43. The molecule has 2 fully saturated rings. The van der Waals surface area contributed by atoms with Gasteiger partial charge in [0.25, 0.3) is 0 Å². The van der Waals surface area contributed by atoms with E-state index in [0.717, 1.165) is 45.2 Å². The number of hydrogen-bond acceptors (Lipinski definition) is 6. The van der Waals surface area contributed by atoms with Gasteiger partial charge >= 0.3 is 0 Å². The van der Waals surface area contributed by atoms with E-state index in [9.17, 15) is 0 Å². The predicted molar refractivity (Wildman–Crippen MR) is 171 cm³/mol. The summed E-state index contributed by atoms with van der Waals surface area (Å²) in [6.45, 7) is 6.96. The molecule has 0 saturated carbocycles. The molecule has 1 N–H and O–H groups in total. The van der Waals surface area contributed by atoms with Gasteiger partial charge in [0.05, 0.1) is 16.3 Å². The van der Waals surface area contributed by atoms with Gasteiger partial charge in [-0.15, -0.1) is 11.3 Å². The highest BCUT2D eigenvalue weighted by atomic mass is 32.1. The summed E-state index contributed by atoms with van der Waals surface area (Å²) in [7, 11) is 0. The van der Waals surface area contributed by atoms with Crippen molar-refractivity contribution in [3.05, 3.63) is 120 Å². The zero-order valence-electron chi connectivity index (χ0n) is 24.1. The van der Waals surface area contributed by atoms with E-state index >= 15 is 0 Å². The largest absolute Gasteiger partial charge is 0.337 e. The molecule has 0 radical (unpaired) electrons. The van der Waals surface area contributed by atoms with Crippen LogP contribution in [-0.2, 0) is 11.4 Å². The van der Waals surface area contributed by atoms with Gasteiger partial charge in [-0.25, -0.2) is 4.98 Å². The Morgan fingerprint density at radius 2 is 1.57 bits per heavy atom. The molecule has 1 unspecified atom stereocenters. The number of thiazole rings is 1. The molecule has 5 nitrogen and oxygen atoms in total. The first kappa shape index (κ1) is 27.3. The first-order valence-electron chi connectivity index (χ1n) is 15.0. The molecule has 1 aromatic heterocycles. The fraction of sp³-hybridized carbons (Fsp3) is 0.306. The number of aromatic nitrogens is 1. The number of nitrogens with zero attached hydrogens (tertiary/aromatic N) is 2. The van der Waals surface area contributed by atoms with Gasteiger partial charge in [-0.05, 0) is 49.9 Å². The van der Waals surface area contributed by atoms with Crippen LogP contribution in [0.4, 0.5) is 0 Å². The van der Waals surface area contributed by atoms with Gasteiger partial charge in [-0.2, -0.15) is 4.89 Å². The van der Waals surface area contributed by atoms with Crippen LogP contribution in [-0.4, -0.2) is 41.2 Å². The second-order valence-corrected chi connectivity index (χ2v) is 12.8. The normalized spacial score (nSPS) is 21.5. The summed E-state index contributed by atoms with van der Waals surface area (Å²) in [5, 5.41) is 5.04. The molecule has 4 aromatic carbocycles. The molecular formula is C36H37N3O2S. The van der Waals surface area contributed by atoms with Crippen LogP contribution in [0.25, 0.3) is 20.8 Å². The molecule has 0 aliphatic carbocycles. The van der Waals surface area contributed by atoms with E-state index in [-0.39, 0.29) is 6.10 Å². The van der Waals surface area contributed by atoms with Crippen molar-refractivity contribution in [3.8, 4) is 16.3 Å². The Morgan fingerprint density at radius 1 is 0.905 bits per heavy atom. The number of fused-ring (bicyclic) bond motifs is 3. The maximum atomic E-state index is 5.94. The molecule has 2 bridgehead atoms. The maximum absolute atomic E-state index is 5.94. The summed E-state index contributed by atoms with van der Waals surface area (Å²) < 4.78 is 1.09. The van der Waals surface area contributed by atoms with Crippen molar-refractivity contribution in [1.29, 1.82) is 0 Å². The lowest BCUT2D eigenvalue weighted by Gasteiger charge is -2.39. The van der Waals surface area contributed by atoms with Crippen LogP contribution in [0, 0.1) is 5.92 Å². The molecule has 214 valence electrons. The Bertz CT molecular complexity index is 1580. The van der Waals surface area contributed by atoms with E-state index < -0.39 is 0 Å². The lowest BCUT2D eigenvalue weighted by Crippen LogP contribution is -2.50.